The standard InChI is InChI=1S/C66H58N3O.Pt/c1-63(2,3)50-40-53(44-55(43-50)70-54-28-22-27-49(42-54)66(62-35-20-21-38-67-62)58-31-16-14-29-56(58)57-30-15-17-32-59(57)66)69-45-68(60-33-18-19-34-61(60)69)52-37-36-48(64(4,5)46-23-10-8-11-24-46)39-51(41-52)65(6,7)47-25-12-9-13-26-47;/h8-36,38-41,43,45H,37H2,1-7H3;/q-3;. The van der Waals surface area contributed by atoms with Crippen LogP contribution in [-0.4, -0.2) is 4.98 Å². The Morgan fingerprint density at radius 1 is 0.535 bits per heavy atom. The minimum absolute atomic E-state index is 0. The van der Waals surface area contributed by atoms with Crippen LogP contribution >= 0.6 is 0 Å². The molecule has 1 aromatic heterocycles. The van der Waals surface area contributed by atoms with Crippen molar-refractivity contribution in [2.75, 3.05) is 9.80 Å². The van der Waals surface area contributed by atoms with Gasteiger partial charge < -0.3 is 14.5 Å². The number of pyridine rings is 1. The molecule has 0 amide bonds. The average Bonchev–Trinajstić information content (AvgIpc) is 3.81. The molecule has 71 heavy (non-hydrogen) atoms. The molecule has 5 heteroatoms. The Bertz CT molecular complexity index is 3300. The van der Waals surface area contributed by atoms with Crippen molar-refractivity contribution in [2.45, 2.75) is 76.5 Å². The number of rotatable bonds is 10. The van der Waals surface area contributed by atoms with Gasteiger partial charge in [-0.3, -0.25) is 4.98 Å². The quantitative estimate of drug-likeness (QED) is 0.128. The number of ether oxygens (including phenoxy) is 1. The van der Waals surface area contributed by atoms with Crippen LogP contribution in [0.25, 0.3) is 11.1 Å². The topological polar surface area (TPSA) is 28.6 Å². The number of benzene rings is 7. The first-order valence-electron chi connectivity index (χ1n) is 24.5. The summed E-state index contributed by atoms with van der Waals surface area (Å²) in [5.41, 5.74) is 15.8. The molecule has 0 saturated heterocycles. The van der Waals surface area contributed by atoms with Crippen molar-refractivity contribution < 1.29 is 25.8 Å². The van der Waals surface area contributed by atoms with Crippen LogP contribution in [0, 0.1) is 18.8 Å². The molecule has 2 aliphatic carbocycles. The molecule has 3 aliphatic rings. The molecule has 11 rings (SSSR count). The molecule has 4 nitrogen and oxygen atoms in total. The summed E-state index contributed by atoms with van der Waals surface area (Å²) in [7, 11) is 0. The molecule has 2 heterocycles. The summed E-state index contributed by atoms with van der Waals surface area (Å²) in [6.07, 6.45) is 9.95. The Morgan fingerprint density at radius 2 is 1.11 bits per heavy atom. The molecule has 7 aromatic carbocycles. The SMILES string of the molecule is CC(C)(C)c1cc(Oc2[c-]c(C3(c4ccccn4)c4ccccc4-c4ccccc43)ccc2)[c-]c(N2[CH-]N(C3=CC(C(C)(C)c4ccccc4)=CC(C(C)(C)c4ccccc4)=CC3)c3ccccc32)c1.[Pt]. The van der Waals surface area contributed by atoms with Crippen molar-refractivity contribution in [1.82, 2.24) is 4.98 Å². The van der Waals surface area contributed by atoms with Gasteiger partial charge in [0.15, 0.2) is 0 Å². The third-order valence-electron chi connectivity index (χ3n) is 14.9. The molecular weight excluding hydrogens is 1050 g/mol. The molecule has 1 aliphatic heterocycles. The first-order valence-corrected chi connectivity index (χ1v) is 24.5. The third-order valence-corrected chi connectivity index (χ3v) is 14.9. The Balaban J connectivity index is 0.00000582. The smallest absolute Gasteiger partial charge is 0.0663 e. The second-order valence-electron chi connectivity index (χ2n) is 20.9. The predicted molar refractivity (Wildman–Crippen MR) is 288 cm³/mol. The van der Waals surface area contributed by atoms with Crippen LogP contribution in [0.15, 0.2) is 223 Å². The first-order chi connectivity index (χ1) is 33.8. The molecule has 0 saturated carbocycles. The normalized spacial score (nSPS) is 15.1. The van der Waals surface area contributed by atoms with Gasteiger partial charge >= 0.3 is 0 Å². The zero-order valence-electron chi connectivity index (χ0n) is 41.5. The van der Waals surface area contributed by atoms with E-state index in [-0.39, 0.29) is 37.3 Å². The van der Waals surface area contributed by atoms with E-state index in [1.54, 1.807) is 0 Å². The molecule has 0 fully saturated rings. The van der Waals surface area contributed by atoms with Crippen LogP contribution in [-0.2, 0) is 42.7 Å². The van der Waals surface area contributed by atoms with E-state index in [0.717, 1.165) is 40.3 Å². The van der Waals surface area contributed by atoms with E-state index in [0.29, 0.717) is 11.5 Å². The molecule has 0 spiro atoms. The summed E-state index contributed by atoms with van der Waals surface area (Å²) in [4.78, 5) is 9.70. The molecule has 8 aromatic rings. The Hall–Kier alpha value is -7.00. The summed E-state index contributed by atoms with van der Waals surface area (Å²) in [6, 6.07) is 72.2. The van der Waals surface area contributed by atoms with Crippen LogP contribution in [0.1, 0.15) is 94.0 Å². The number of aromatic nitrogens is 1. The van der Waals surface area contributed by atoms with E-state index in [4.69, 9.17) is 9.72 Å². The van der Waals surface area contributed by atoms with Gasteiger partial charge in [-0.25, -0.2) is 0 Å². The van der Waals surface area contributed by atoms with Crippen LogP contribution in [0.4, 0.5) is 17.1 Å². The Morgan fingerprint density at radius 3 is 1.73 bits per heavy atom. The van der Waals surface area contributed by atoms with Crippen molar-refractivity contribution in [3.63, 3.8) is 0 Å². The number of fused-ring (bicyclic) bond motifs is 4. The van der Waals surface area contributed by atoms with Gasteiger partial charge in [0.2, 0.25) is 0 Å². The van der Waals surface area contributed by atoms with Crippen LogP contribution in [0.3, 0.4) is 0 Å². The minimum atomic E-state index is -0.696. The van der Waals surface area contributed by atoms with Gasteiger partial charge in [0.05, 0.1) is 11.1 Å². The van der Waals surface area contributed by atoms with Crippen molar-refractivity contribution in [3.05, 3.63) is 281 Å². The Labute approximate surface area is 435 Å². The summed E-state index contributed by atoms with van der Waals surface area (Å²) in [6.45, 7) is 18.4. The van der Waals surface area contributed by atoms with E-state index < -0.39 is 5.41 Å². The first kappa shape index (κ1) is 47.7. The fourth-order valence-electron chi connectivity index (χ4n) is 10.8. The molecule has 0 N–H and O–H groups in total. The van der Waals surface area contributed by atoms with E-state index >= 15 is 0 Å². The number of allylic oxidation sites excluding steroid dienone is 5. The fourth-order valence-corrected chi connectivity index (χ4v) is 10.8. The maximum absolute atomic E-state index is 6.98. The number of hydrogen-bond acceptors (Lipinski definition) is 4. The van der Waals surface area contributed by atoms with Crippen molar-refractivity contribution in [3.8, 4) is 22.6 Å². The third kappa shape index (κ3) is 8.41. The minimum Gasteiger partial charge on any atom is -0.509 e. The number of anilines is 3. The number of hydrogen-bond donors (Lipinski definition) is 0. The summed E-state index contributed by atoms with van der Waals surface area (Å²) >= 11 is 0. The van der Waals surface area contributed by atoms with Gasteiger partial charge in [0, 0.05) is 67.4 Å². The van der Waals surface area contributed by atoms with Gasteiger partial charge in [0.1, 0.15) is 0 Å². The van der Waals surface area contributed by atoms with Gasteiger partial charge in [0.25, 0.3) is 0 Å². The Kier molecular flexibility index (Phi) is 12.5. The molecule has 356 valence electrons. The van der Waals surface area contributed by atoms with Crippen LogP contribution in [0.5, 0.6) is 11.5 Å². The predicted octanol–water partition coefficient (Wildman–Crippen LogP) is 16.3. The van der Waals surface area contributed by atoms with Crippen LogP contribution in [0.2, 0.25) is 0 Å². The molecule has 0 unspecified atom stereocenters. The molecule has 0 bridgehead atoms. The maximum Gasteiger partial charge on any atom is 0.0663 e. The maximum atomic E-state index is 6.98. The van der Waals surface area contributed by atoms with Crippen molar-refractivity contribution in [2.24, 2.45) is 0 Å². The van der Waals surface area contributed by atoms with Crippen molar-refractivity contribution in [1.29, 1.82) is 0 Å². The molecule has 0 atom stereocenters. The summed E-state index contributed by atoms with van der Waals surface area (Å²) in [5.74, 6) is 1.24. The van der Waals surface area contributed by atoms with E-state index in [1.807, 2.05) is 18.3 Å². The van der Waals surface area contributed by atoms with Gasteiger partial charge in [-0.05, 0) is 86.0 Å². The van der Waals surface area contributed by atoms with Gasteiger partial charge in [-0.2, -0.15) is 12.1 Å². The largest absolute Gasteiger partial charge is 0.509 e. The molecule has 0 radical (unpaired) electrons. The fraction of sp³-hybridized carbons (Fsp3) is 0.182. The summed E-state index contributed by atoms with van der Waals surface area (Å²) in [5, 5.41) is 0. The monoisotopic (exact) mass is 1100 g/mol. The second-order valence-corrected chi connectivity index (χ2v) is 20.9. The van der Waals surface area contributed by atoms with Gasteiger partial charge in [-0.15, -0.1) is 53.8 Å². The van der Waals surface area contributed by atoms with E-state index in [1.165, 1.54) is 50.2 Å². The van der Waals surface area contributed by atoms with E-state index in [9.17, 15) is 0 Å². The zero-order chi connectivity index (χ0) is 48.3. The molecular formula is C66H58N3OPt-3. The number of para-hydroxylation sites is 2. The van der Waals surface area contributed by atoms with E-state index in [2.05, 4.69) is 265 Å². The van der Waals surface area contributed by atoms with Gasteiger partial charge in [-0.1, -0.05) is 188 Å². The second kappa shape index (κ2) is 18.6. The average molecular weight is 1100 g/mol. The van der Waals surface area contributed by atoms with Crippen molar-refractivity contribution >= 4 is 17.1 Å². The zero-order valence-corrected chi connectivity index (χ0v) is 43.8. The van der Waals surface area contributed by atoms with Crippen LogP contribution < -0.4 is 14.5 Å². The number of nitrogens with zero attached hydrogens (tertiary/aromatic N) is 3. The summed E-state index contributed by atoms with van der Waals surface area (Å²) < 4.78 is 6.98.